The van der Waals surface area contributed by atoms with Crippen molar-refractivity contribution in [2.45, 2.75) is 103 Å². The highest BCUT2D eigenvalue weighted by atomic mass is 19.1. The smallest absolute Gasteiger partial charge is 0.408 e. The van der Waals surface area contributed by atoms with E-state index >= 15 is 4.39 Å². The number of esters is 1. The van der Waals surface area contributed by atoms with Gasteiger partial charge in [-0.25, -0.2) is 23.8 Å². The molecule has 2 aromatic heterocycles. The second kappa shape index (κ2) is 18.4. The molecule has 0 spiro atoms. The van der Waals surface area contributed by atoms with E-state index in [0.29, 0.717) is 63.1 Å². The van der Waals surface area contributed by atoms with E-state index in [0.717, 1.165) is 22.3 Å². The minimum Gasteiger partial charge on any atom is -0.465 e. The van der Waals surface area contributed by atoms with E-state index in [9.17, 15) is 39.0 Å². The minimum absolute atomic E-state index is 0.0217. The van der Waals surface area contributed by atoms with Crippen LogP contribution >= 0.6 is 0 Å². The van der Waals surface area contributed by atoms with Crippen LogP contribution in [0, 0.1) is 18.7 Å². The van der Waals surface area contributed by atoms with Crippen molar-refractivity contribution in [2.24, 2.45) is 5.92 Å². The number of pyridine rings is 2. The number of halogens is 1. The number of rotatable bonds is 12. The van der Waals surface area contributed by atoms with Gasteiger partial charge in [-0.15, -0.1) is 0 Å². The fourth-order valence-corrected chi connectivity index (χ4v) is 11.0. The van der Waals surface area contributed by atoms with Gasteiger partial charge in [0.15, 0.2) is 5.60 Å². The summed E-state index contributed by atoms with van der Waals surface area (Å²) in [6.45, 7) is 8.04. The normalized spacial score (nSPS) is 17.9. The molecule has 4 heterocycles. The van der Waals surface area contributed by atoms with Crippen molar-refractivity contribution in [3.05, 3.63) is 151 Å². The predicted molar refractivity (Wildman–Crippen MR) is 263 cm³/mol. The summed E-state index contributed by atoms with van der Waals surface area (Å²) >= 11 is 0. The third-order valence-corrected chi connectivity index (χ3v) is 14.9. The van der Waals surface area contributed by atoms with Crippen LogP contribution in [0.15, 0.2) is 89.7 Å². The number of carboxylic acid groups (broad SMARTS) is 1. The molecule has 5 N–H and O–H groups in total. The second-order valence-electron chi connectivity index (χ2n) is 19.4. The number of carbonyl (C=O) groups is 5. The summed E-state index contributed by atoms with van der Waals surface area (Å²) in [6.07, 6.45) is -1.38. The zero-order valence-corrected chi connectivity index (χ0v) is 40.3. The van der Waals surface area contributed by atoms with E-state index in [1.807, 2.05) is 48.5 Å². The molecule has 370 valence electrons. The number of hydrogen-bond acceptors (Lipinski definition) is 10. The van der Waals surface area contributed by atoms with Crippen molar-refractivity contribution < 1.29 is 48.0 Å². The Morgan fingerprint density at radius 3 is 2.26 bits per heavy atom. The maximum absolute atomic E-state index is 15.5. The number of hydrogen-bond donors (Lipinski definition) is 5. The number of aromatic nitrogens is 2. The lowest BCUT2D eigenvalue weighted by molar-refractivity contribution is -0.172. The van der Waals surface area contributed by atoms with Crippen LogP contribution in [0.2, 0.25) is 0 Å². The van der Waals surface area contributed by atoms with E-state index in [1.165, 1.54) is 22.5 Å². The number of amides is 4. The Morgan fingerprint density at radius 1 is 0.931 bits per heavy atom. The van der Waals surface area contributed by atoms with Gasteiger partial charge < -0.3 is 40.2 Å². The average Bonchev–Trinajstić information content (AvgIpc) is 3.90. The number of cyclic esters (lactones) is 1. The van der Waals surface area contributed by atoms with Crippen LogP contribution in [0.4, 0.5) is 19.7 Å². The highest BCUT2D eigenvalue weighted by molar-refractivity contribution is 5.98. The first-order valence-electron chi connectivity index (χ1n) is 24.1. The van der Waals surface area contributed by atoms with E-state index in [1.54, 1.807) is 58.0 Å². The van der Waals surface area contributed by atoms with Crippen molar-refractivity contribution in [1.29, 1.82) is 0 Å². The Morgan fingerprint density at radius 2 is 1.61 bits per heavy atom. The lowest BCUT2D eigenvalue weighted by atomic mass is 9.81. The summed E-state index contributed by atoms with van der Waals surface area (Å²) in [6, 6.07) is 22.7. The van der Waals surface area contributed by atoms with Crippen LogP contribution in [0.25, 0.3) is 33.4 Å². The van der Waals surface area contributed by atoms with E-state index in [2.05, 4.69) is 16.0 Å². The second-order valence-corrected chi connectivity index (χ2v) is 19.4. The molecule has 0 fully saturated rings. The Balaban J connectivity index is 0.830. The van der Waals surface area contributed by atoms with Gasteiger partial charge in [0.1, 0.15) is 31.1 Å². The topological polar surface area (TPSA) is 218 Å². The monoisotopic (exact) mass is 976 g/mol. The van der Waals surface area contributed by atoms with Gasteiger partial charge in [0.05, 0.1) is 35.1 Å². The number of nitrogens with one attached hydrogen (secondary N) is 3. The summed E-state index contributed by atoms with van der Waals surface area (Å²) in [4.78, 5) is 86.6. The number of fused-ring (bicyclic) bond motifs is 8. The molecule has 6 aromatic rings. The number of nitrogens with zero attached hydrogens (tertiary/aromatic N) is 3. The summed E-state index contributed by atoms with van der Waals surface area (Å²) in [5, 5.41) is 31.1. The molecule has 16 nitrogen and oxygen atoms in total. The predicted octanol–water partition coefficient (Wildman–Crippen LogP) is 7.70. The van der Waals surface area contributed by atoms with Crippen molar-refractivity contribution in [2.75, 3.05) is 11.9 Å². The number of ether oxygens (including phenoxy) is 2. The maximum atomic E-state index is 15.5. The van der Waals surface area contributed by atoms with E-state index in [4.69, 9.17) is 14.5 Å². The number of benzene rings is 4. The molecule has 0 bridgehead atoms. The highest BCUT2D eigenvalue weighted by Crippen LogP contribution is 2.48. The Bertz CT molecular complexity index is 3290. The van der Waals surface area contributed by atoms with Gasteiger partial charge in [-0.05, 0) is 102 Å². The summed E-state index contributed by atoms with van der Waals surface area (Å²) in [7, 11) is 0. The number of aliphatic hydroxyl groups is 1. The molecule has 0 radical (unpaired) electrons. The van der Waals surface area contributed by atoms with E-state index < -0.39 is 65.1 Å². The molecule has 4 atom stereocenters. The van der Waals surface area contributed by atoms with Crippen LogP contribution in [0.5, 0.6) is 0 Å². The molecular weight excluding hydrogens is 924 g/mol. The van der Waals surface area contributed by atoms with Gasteiger partial charge in [0.2, 0.25) is 11.8 Å². The minimum atomic E-state index is -2.06. The Hall–Kier alpha value is -7.92. The fourth-order valence-electron chi connectivity index (χ4n) is 11.0. The van der Waals surface area contributed by atoms with E-state index in [-0.39, 0.29) is 61.2 Å². The molecule has 2 aliphatic carbocycles. The third kappa shape index (κ3) is 8.01. The van der Waals surface area contributed by atoms with Crippen molar-refractivity contribution >= 4 is 46.6 Å². The first kappa shape index (κ1) is 47.7. The summed E-state index contributed by atoms with van der Waals surface area (Å²) in [5.74, 6) is -2.96. The van der Waals surface area contributed by atoms with Crippen LogP contribution < -0.4 is 21.5 Å². The lowest BCUT2D eigenvalue weighted by Gasteiger charge is -2.36. The number of alkyl carbamates (subject to hydrolysis) is 1. The molecule has 72 heavy (non-hydrogen) atoms. The van der Waals surface area contributed by atoms with Crippen molar-refractivity contribution in [1.82, 2.24) is 25.1 Å². The standard InChI is InChI=1S/C55H53FN6O10/c1-6-55(70)40-21-44-48-37(24-61(44)51(65)39(40)26-71-52(55)66)46-43(20-19-32-28(4)41(56)22-42(59-48)45(32)46)62(54(68)69)23-30-15-17-31(18-16-30)58-49(63)29(5)57-50(64)47(27(2)3)60-53(67)72-25-38-35-13-9-7-11-33(35)34-12-8-10-14-36(34)38/h7-18,21-22,27,29,38,43,47,70H,6,19-20,23-26H2,1-5H3,(H,57,64)(H,58,63)(H,60,67)(H,68,69)/t29-,43-,47-,55-/m0/s1. The van der Waals surface area contributed by atoms with Crippen LogP contribution in [0.1, 0.15) is 103 Å². The van der Waals surface area contributed by atoms with Crippen LogP contribution in [-0.4, -0.2) is 73.3 Å². The van der Waals surface area contributed by atoms with Gasteiger partial charge >= 0.3 is 18.2 Å². The molecule has 17 heteroatoms. The molecule has 4 aliphatic rings. The zero-order valence-electron chi connectivity index (χ0n) is 40.3. The summed E-state index contributed by atoms with van der Waals surface area (Å²) < 4.78 is 28.0. The fraction of sp³-hybridized carbons (Fsp3) is 0.327. The molecule has 2 aliphatic heterocycles. The van der Waals surface area contributed by atoms with Crippen LogP contribution in [-0.2, 0) is 55.6 Å². The highest BCUT2D eigenvalue weighted by Gasteiger charge is 2.46. The summed E-state index contributed by atoms with van der Waals surface area (Å²) in [5.41, 5.74) is 6.25. The molecule has 4 amide bonds. The molecular formula is C55H53FN6O10. The number of aryl methyl sites for hydroxylation is 1. The Labute approximate surface area is 413 Å². The van der Waals surface area contributed by atoms with Gasteiger partial charge in [0.25, 0.3) is 5.56 Å². The van der Waals surface area contributed by atoms with Gasteiger partial charge in [-0.2, -0.15) is 0 Å². The largest absolute Gasteiger partial charge is 0.465 e. The molecule has 0 unspecified atom stereocenters. The zero-order chi connectivity index (χ0) is 50.9. The molecule has 10 rings (SSSR count). The van der Waals surface area contributed by atoms with Gasteiger partial charge in [-0.1, -0.05) is 81.4 Å². The van der Waals surface area contributed by atoms with Crippen molar-refractivity contribution in [3.63, 3.8) is 0 Å². The third-order valence-electron chi connectivity index (χ3n) is 14.9. The first-order valence-corrected chi connectivity index (χ1v) is 24.1. The molecule has 4 aromatic carbocycles. The lowest BCUT2D eigenvalue weighted by Crippen LogP contribution is -2.53. The number of carbonyl (C=O) groups excluding carboxylic acids is 4. The van der Waals surface area contributed by atoms with Gasteiger partial charge in [0, 0.05) is 40.7 Å². The molecule has 0 saturated heterocycles. The Kier molecular flexibility index (Phi) is 12.2. The van der Waals surface area contributed by atoms with Crippen LogP contribution in [0.3, 0.4) is 0 Å². The number of anilines is 1. The van der Waals surface area contributed by atoms with Crippen molar-refractivity contribution in [3.8, 4) is 22.5 Å². The maximum Gasteiger partial charge on any atom is 0.408 e. The molecule has 0 saturated carbocycles. The quantitative estimate of drug-likeness (QED) is 0.0748. The first-order chi connectivity index (χ1) is 34.5. The SMILES string of the molecule is CC[C@@]1(O)C(=O)OCc2c1cc1n(c2=O)Cc2c-1nc1cc(F)c(C)c3c1c2[C@@H](N(Cc1ccc(NC(=O)[C@H](C)NC(=O)[C@@H](NC(=O)OCC2c4ccccc4-c4ccccc42)C(C)C)cc1)C(=O)O)CC3. The van der Waals surface area contributed by atoms with Gasteiger partial charge in [-0.3, -0.25) is 19.3 Å². The average molecular weight is 977 g/mol.